The zero-order chi connectivity index (χ0) is 15.7. The normalized spacial score (nSPS) is 10.4. The Kier molecular flexibility index (Phi) is 7.42. The summed E-state index contributed by atoms with van der Waals surface area (Å²) in [7, 11) is 1.59. The summed E-state index contributed by atoms with van der Waals surface area (Å²) in [6, 6.07) is 7.44. The largest absolute Gasteiger partial charge is 0.481 e. The van der Waals surface area contributed by atoms with Crippen LogP contribution in [-0.4, -0.2) is 50.3 Å². The lowest BCUT2D eigenvalue weighted by molar-refractivity contribution is -0.136. The molecule has 0 aliphatic carbocycles. The Balaban J connectivity index is 2.74. The number of rotatable bonds is 9. The molecule has 0 aliphatic rings. The average molecular weight is 294 g/mol. The number of ether oxygens (including phenoxy) is 1. The molecule has 0 heterocycles. The minimum absolute atomic E-state index is 0.0852. The highest BCUT2D eigenvalue weighted by atomic mass is 16.5. The molecule has 0 aromatic heterocycles. The molecule has 1 aromatic carbocycles. The molecule has 0 radical (unpaired) electrons. The van der Waals surface area contributed by atoms with E-state index >= 15 is 0 Å². The third-order valence-corrected chi connectivity index (χ3v) is 3.02. The number of aryl methyl sites for hydroxylation is 1. The van der Waals surface area contributed by atoms with Gasteiger partial charge < -0.3 is 20.1 Å². The van der Waals surface area contributed by atoms with Crippen molar-refractivity contribution in [1.82, 2.24) is 5.32 Å². The first kappa shape index (κ1) is 17.1. The van der Waals surface area contributed by atoms with Gasteiger partial charge >= 0.3 is 5.97 Å². The monoisotopic (exact) mass is 294 g/mol. The van der Waals surface area contributed by atoms with Crippen molar-refractivity contribution in [3.8, 4) is 0 Å². The number of carboxylic acids is 1. The predicted molar refractivity (Wildman–Crippen MR) is 80.5 cm³/mol. The molecule has 0 spiro atoms. The first-order chi connectivity index (χ1) is 10.1. The molecular formula is C15H22N2O4. The van der Waals surface area contributed by atoms with Crippen molar-refractivity contribution in [2.45, 2.75) is 13.3 Å². The molecular weight excluding hydrogens is 272 g/mol. The summed E-state index contributed by atoms with van der Waals surface area (Å²) in [5.41, 5.74) is 1.69. The number of nitrogens with zero attached hydrogens (tertiary/aromatic N) is 1. The van der Waals surface area contributed by atoms with Crippen molar-refractivity contribution in [2.75, 3.05) is 38.3 Å². The number of aliphatic carboxylic acids is 1. The summed E-state index contributed by atoms with van der Waals surface area (Å²) in [6.45, 7) is 3.30. The minimum atomic E-state index is -0.922. The second-order valence-corrected chi connectivity index (χ2v) is 4.65. The quantitative estimate of drug-likeness (QED) is 0.665. The van der Waals surface area contributed by atoms with E-state index in [2.05, 4.69) is 5.32 Å². The van der Waals surface area contributed by atoms with Crippen LogP contribution < -0.4 is 10.2 Å². The summed E-state index contributed by atoms with van der Waals surface area (Å²) in [5, 5.41) is 11.8. The van der Waals surface area contributed by atoms with Gasteiger partial charge in [0.2, 0.25) is 5.91 Å². The SMILES string of the molecule is COCCNCC(=O)N(CCC(=O)O)c1ccccc1C. The molecule has 21 heavy (non-hydrogen) atoms. The second kappa shape index (κ2) is 9.10. The summed E-state index contributed by atoms with van der Waals surface area (Å²) in [4.78, 5) is 24.6. The Hall–Kier alpha value is -1.92. The van der Waals surface area contributed by atoms with E-state index in [4.69, 9.17) is 9.84 Å². The number of amides is 1. The maximum Gasteiger partial charge on any atom is 0.305 e. The Morgan fingerprint density at radius 2 is 2.05 bits per heavy atom. The lowest BCUT2D eigenvalue weighted by atomic mass is 10.1. The third kappa shape index (κ3) is 5.93. The summed E-state index contributed by atoms with van der Waals surface area (Å²) < 4.78 is 4.90. The van der Waals surface area contributed by atoms with Crippen LogP contribution in [0.1, 0.15) is 12.0 Å². The fraction of sp³-hybridized carbons (Fsp3) is 0.467. The molecule has 0 saturated carbocycles. The topological polar surface area (TPSA) is 78.9 Å². The van der Waals surface area contributed by atoms with Crippen molar-refractivity contribution in [1.29, 1.82) is 0 Å². The molecule has 0 bridgehead atoms. The molecule has 0 atom stereocenters. The third-order valence-electron chi connectivity index (χ3n) is 3.02. The van der Waals surface area contributed by atoms with E-state index in [0.29, 0.717) is 13.2 Å². The molecule has 1 rings (SSSR count). The number of para-hydroxylation sites is 1. The molecule has 116 valence electrons. The van der Waals surface area contributed by atoms with Crippen molar-refractivity contribution in [2.24, 2.45) is 0 Å². The number of benzene rings is 1. The van der Waals surface area contributed by atoms with Gasteiger partial charge in [0.25, 0.3) is 0 Å². The number of carbonyl (C=O) groups excluding carboxylic acids is 1. The lowest BCUT2D eigenvalue weighted by Crippen LogP contribution is -2.40. The number of nitrogens with one attached hydrogen (secondary N) is 1. The van der Waals surface area contributed by atoms with E-state index in [0.717, 1.165) is 11.3 Å². The highest BCUT2D eigenvalue weighted by Crippen LogP contribution is 2.19. The van der Waals surface area contributed by atoms with Crippen molar-refractivity contribution >= 4 is 17.6 Å². The van der Waals surface area contributed by atoms with Crippen molar-refractivity contribution < 1.29 is 19.4 Å². The highest BCUT2D eigenvalue weighted by Gasteiger charge is 2.17. The standard InChI is InChI=1S/C15H22N2O4/c1-12-5-3-4-6-13(12)17(9-7-15(19)20)14(18)11-16-8-10-21-2/h3-6,16H,7-11H2,1-2H3,(H,19,20). The first-order valence-corrected chi connectivity index (χ1v) is 6.83. The molecule has 0 unspecified atom stereocenters. The van der Waals surface area contributed by atoms with Crippen LogP contribution in [0.3, 0.4) is 0 Å². The molecule has 2 N–H and O–H groups in total. The smallest absolute Gasteiger partial charge is 0.305 e. The zero-order valence-electron chi connectivity index (χ0n) is 12.5. The van der Waals surface area contributed by atoms with Gasteiger partial charge in [-0.25, -0.2) is 0 Å². The number of carbonyl (C=O) groups is 2. The number of hydrogen-bond acceptors (Lipinski definition) is 4. The van der Waals surface area contributed by atoms with Crippen LogP contribution >= 0.6 is 0 Å². The van der Waals surface area contributed by atoms with Gasteiger partial charge in [-0.3, -0.25) is 9.59 Å². The van der Waals surface area contributed by atoms with E-state index in [-0.39, 0.29) is 25.4 Å². The van der Waals surface area contributed by atoms with Crippen LogP contribution in [0.5, 0.6) is 0 Å². The van der Waals surface area contributed by atoms with Gasteiger partial charge in [-0.15, -0.1) is 0 Å². The average Bonchev–Trinajstić information content (AvgIpc) is 2.45. The number of methoxy groups -OCH3 is 1. The molecule has 0 saturated heterocycles. The number of carboxylic acid groups (broad SMARTS) is 1. The van der Waals surface area contributed by atoms with Gasteiger partial charge in [0.05, 0.1) is 19.6 Å². The van der Waals surface area contributed by atoms with Crippen molar-refractivity contribution in [3.05, 3.63) is 29.8 Å². The Bertz CT molecular complexity index is 476. The number of hydrogen-bond donors (Lipinski definition) is 2. The fourth-order valence-corrected chi connectivity index (χ4v) is 1.92. The maximum absolute atomic E-state index is 12.3. The molecule has 0 fully saturated rings. The van der Waals surface area contributed by atoms with Gasteiger partial charge in [0, 0.05) is 25.9 Å². The Morgan fingerprint density at radius 3 is 2.67 bits per heavy atom. The summed E-state index contributed by atoms with van der Waals surface area (Å²) in [6.07, 6.45) is -0.0852. The summed E-state index contributed by atoms with van der Waals surface area (Å²) in [5.74, 6) is -1.07. The van der Waals surface area contributed by atoms with Crippen LogP contribution in [0.2, 0.25) is 0 Å². The second-order valence-electron chi connectivity index (χ2n) is 4.65. The first-order valence-electron chi connectivity index (χ1n) is 6.83. The van der Waals surface area contributed by atoms with Crippen LogP contribution in [0.25, 0.3) is 0 Å². The highest BCUT2D eigenvalue weighted by molar-refractivity contribution is 5.95. The Morgan fingerprint density at radius 1 is 1.33 bits per heavy atom. The Labute approximate surface area is 124 Å². The fourth-order valence-electron chi connectivity index (χ4n) is 1.92. The van der Waals surface area contributed by atoms with Crippen molar-refractivity contribution in [3.63, 3.8) is 0 Å². The van der Waals surface area contributed by atoms with E-state index in [1.54, 1.807) is 7.11 Å². The van der Waals surface area contributed by atoms with Crippen LogP contribution in [0.15, 0.2) is 24.3 Å². The van der Waals surface area contributed by atoms with Crippen LogP contribution in [-0.2, 0) is 14.3 Å². The van der Waals surface area contributed by atoms with Gasteiger partial charge in [0.1, 0.15) is 0 Å². The van der Waals surface area contributed by atoms with E-state index in [9.17, 15) is 9.59 Å². The molecule has 6 nitrogen and oxygen atoms in total. The zero-order valence-corrected chi connectivity index (χ0v) is 12.5. The van der Waals surface area contributed by atoms with Gasteiger partial charge in [0.15, 0.2) is 0 Å². The van der Waals surface area contributed by atoms with E-state index in [1.165, 1.54) is 4.90 Å². The van der Waals surface area contributed by atoms with Crippen LogP contribution in [0, 0.1) is 6.92 Å². The predicted octanol–water partition coefficient (Wildman–Crippen LogP) is 1.04. The molecule has 6 heteroatoms. The molecule has 1 aromatic rings. The summed E-state index contributed by atoms with van der Waals surface area (Å²) >= 11 is 0. The van der Waals surface area contributed by atoms with E-state index in [1.807, 2.05) is 31.2 Å². The van der Waals surface area contributed by atoms with Gasteiger partial charge in [-0.1, -0.05) is 18.2 Å². The molecule has 1 amide bonds. The lowest BCUT2D eigenvalue weighted by Gasteiger charge is -2.24. The number of anilines is 1. The minimum Gasteiger partial charge on any atom is -0.481 e. The van der Waals surface area contributed by atoms with Gasteiger partial charge in [-0.05, 0) is 18.6 Å². The maximum atomic E-state index is 12.3. The van der Waals surface area contributed by atoms with Crippen LogP contribution in [0.4, 0.5) is 5.69 Å². The van der Waals surface area contributed by atoms with Gasteiger partial charge in [-0.2, -0.15) is 0 Å². The molecule has 0 aliphatic heterocycles. The van der Waals surface area contributed by atoms with E-state index < -0.39 is 5.97 Å².